The van der Waals surface area contributed by atoms with Gasteiger partial charge in [0.25, 0.3) is 11.8 Å². The fraction of sp³-hybridized carbons (Fsp3) is 0.421. The van der Waals surface area contributed by atoms with Crippen molar-refractivity contribution in [3.63, 3.8) is 0 Å². The van der Waals surface area contributed by atoms with Gasteiger partial charge in [-0.15, -0.1) is 0 Å². The Morgan fingerprint density at radius 2 is 2.00 bits per heavy atom. The van der Waals surface area contributed by atoms with E-state index < -0.39 is 17.9 Å². The molecule has 1 atom stereocenters. The van der Waals surface area contributed by atoms with Crippen LogP contribution in [-0.4, -0.2) is 49.2 Å². The molecule has 2 aromatic rings. The van der Waals surface area contributed by atoms with Crippen molar-refractivity contribution in [3.05, 3.63) is 40.4 Å². The molecule has 1 aliphatic rings. The van der Waals surface area contributed by atoms with Gasteiger partial charge in [0.15, 0.2) is 11.2 Å². The number of carbonyl (C=O) groups excluding carboxylic acids is 2. The van der Waals surface area contributed by atoms with Crippen LogP contribution < -0.4 is 20.5 Å². The smallest absolute Gasteiger partial charge is 0.281 e. The summed E-state index contributed by atoms with van der Waals surface area (Å²) in [5.41, 5.74) is 6.52. The zero-order valence-electron chi connectivity index (χ0n) is 16.2. The third-order valence-corrected chi connectivity index (χ3v) is 5.46. The summed E-state index contributed by atoms with van der Waals surface area (Å²) in [5.74, 6) is -0.238. The lowest BCUT2D eigenvalue weighted by atomic mass is 10.2. The van der Waals surface area contributed by atoms with E-state index in [-0.39, 0.29) is 0 Å². The number of nitrogens with zero attached hydrogens (tertiary/aromatic N) is 2. The van der Waals surface area contributed by atoms with E-state index in [0.29, 0.717) is 29.5 Å². The van der Waals surface area contributed by atoms with E-state index in [0.717, 1.165) is 23.8 Å². The molecule has 9 heteroatoms. The predicted octanol–water partition coefficient (Wildman–Crippen LogP) is 1.83. The highest BCUT2D eigenvalue weighted by molar-refractivity contribution is 7.17. The first-order valence-electron chi connectivity index (χ1n) is 9.07. The number of aromatic nitrogens is 1. The molecule has 8 nitrogen and oxygen atoms in total. The third kappa shape index (κ3) is 4.99. The first-order chi connectivity index (χ1) is 13.4. The second kappa shape index (κ2) is 9.03. The van der Waals surface area contributed by atoms with E-state index >= 15 is 0 Å². The lowest BCUT2D eigenvalue weighted by molar-refractivity contribution is -0.128. The number of anilines is 1. The third-order valence-electron chi connectivity index (χ3n) is 4.24. The van der Waals surface area contributed by atoms with E-state index in [9.17, 15) is 9.59 Å². The van der Waals surface area contributed by atoms with Gasteiger partial charge in [0.05, 0.1) is 18.9 Å². The predicted molar refractivity (Wildman–Crippen MR) is 107 cm³/mol. The van der Waals surface area contributed by atoms with Gasteiger partial charge in [0.1, 0.15) is 10.6 Å². The first kappa shape index (κ1) is 20.1. The number of hydrazine groups is 1. The average molecular weight is 404 g/mol. The molecular weight excluding hydrogens is 380 g/mol. The summed E-state index contributed by atoms with van der Waals surface area (Å²) in [7, 11) is 0. The summed E-state index contributed by atoms with van der Waals surface area (Å²) >= 11 is 1.30. The zero-order valence-corrected chi connectivity index (χ0v) is 17.0. The molecule has 3 rings (SSSR count). The number of hydrogen-bond acceptors (Lipinski definition) is 7. The molecule has 2 heterocycles. The monoisotopic (exact) mass is 404 g/mol. The van der Waals surface area contributed by atoms with Crippen LogP contribution in [0.15, 0.2) is 24.3 Å². The molecule has 1 unspecified atom stereocenters. The van der Waals surface area contributed by atoms with Crippen molar-refractivity contribution < 1.29 is 19.1 Å². The number of thiazole rings is 1. The molecule has 0 bridgehead atoms. The van der Waals surface area contributed by atoms with Gasteiger partial charge in [-0.05, 0) is 38.5 Å². The van der Waals surface area contributed by atoms with Crippen LogP contribution in [-0.2, 0) is 9.53 Å². The first-order valence-corrected chi connectivity index (χ1v) is 9.89. The maximum absolute atomic E-state index is 12.5. The summed E-state index contributed by atoms with van der Waals surface area (Å²) in [6, 6.07) is 7.43. The number of rotatable bonds is 5. The summed E-state index contributed by atoms with van der Waals surface area (Å²) in [5, 5.41) is 0.786. The fourth-order valence-electron chi connectivity index (χ4n) is 2.71. The fourth-order valence-corrected chi connectivity index (χ4v) is 3.72. The zero-order chi connectivity index (χ0) is 20.1. The Morgan fingerprint density at radius 1 is 1.25 bits per heavy atom. The highest BCUT2D eigenvalue weighted by atomic mass is 32.1. The maximum atomic E-state index is 12.5. The van der Waals surface area contributed by atoms with Gasteiger partial charge in [0.2, 0.25) is 0 Å². The number of aryl methyl sites for hydroxylation is 2. The maximum Gasteiger partial charge on any atom is 0.281 e. The molecule has 0 spiro atoms. The van der Waals surface area contributed by atoms with E-state index in [1.165, 1.54) is 11.3 Å². The lowest BCUT2D eigenvalue weighted by Crippen LogP contribution is -2.47. The quantitative estimate of drug-likeness (QED) is 0.739. The van der Waals surface area contributed by atoms with Crippen LogP contribution >= 0.6 is 11.3 Å². The molecule has 28 heavy (non-hydrogen) atoms. The molecule has 2 N–H and O–H groups in total. The minimum Gasteiger partial charge on any atom is -0.481 e. The van der Waals surface area contributed by atoms with Crippen LogP contribution in [0.4, 0.5) is 5.13 Å². The molecular formula is C19H24N4O4S. The van der Waals surface area contributed by atoms with Gasteiger partial charge in [-0.1, -0.05) is 23.5 Å². The van der Waals surface area contributed by atoms with Crippen molar-refractivity contribution in [2.45, 2.75) is 26.9 Å². The van der Waals surface area contributed by atoms with Crippen LogP contribution in [0.1, 0.15) is 27.9 Å². The van der Waals surface area contributed by atoms with Crippen LogP contribution in [0.5, 0.6) is 5.75 Å². The second-order valence-electron chi connectivity index (χ2n) is 6.53. The van der Waals surface area contributed by atoms with Gasteiger partial charge in [-0.25, -0.2) is 4.98 Å². The topological polar surface area (TPSA) is 92.8 Å². The Balaban J connectivity index is 1.54. The van der Waals surface area contributed by atoms with Crippen LogP contribution in [0.3, 0.4) is 0 Å². The van der Waals surface area contributed by atoms with Crippen molar-refractivity contribution in [1.29, 1.82) is 0 Å². The minimum atomic E-state index is -0.756. The summed E-state index contributed by atoms with van der Waals surface area (Å²) in [6.45, 7) is 8.14. The van der Waals surface area contributed by atoms with Crippen LogP contribution in [0, 0.1) is 13.8 Å². The highest BCUT2D eigenvalue weighted by Crippen LogP contribution is 2.26. The number of carbonyl (C=O) groups is 2. The largest absolute Gasteiger partial charge is 0.481 e. The van der Waals surface area contributed by atoms with Crippen molar-refractivity contribution in [2.24, 2.45) is 0 Å². The molecule has 0 aliphatic carbocycles. The van der Waals surface area contributed by atoms with Gasteiger partial charge in [0, 0.05) is 13.1 Å². The van der Waals surface area contributed by atoms with Crippen molar-refractivity contribution in [3.8, 4) is 5.75 Å². The number of hydrogen-bond donors (Lipinski definition) is 2. The normalized spacial score (nSPS) is 15.0. The number of morpholine rings is 1. The van der Waals surface area contributed by atoms with Gasteiger partial charge in [-0.3, -0.25) is 20.4 Å². The van der Waals surface area contributed by atoms with E-state index in [4.69, 9.17) is 9.47 Å². The molecule has 1 aliphatic heterocycles. The number of benzene rings is 1. The molecule has 0 saturated carbocycles. The molecule has 1 fully saturated rings. The molecule has 2 amide bonds. The summed E-state index contributed by atoms with van der Waals surface area (Å²) in [6.07, 6.45) is -0.756. The Morgan fingerprint density at radius 3 is 2.71 bits per heavy atom. The lowest BCUT2D eigenvalue weighted by Gasteiger charge is -2.25. The second-order valence-corrected chi connectivity index (χ2v) is 7.51. The summed E-state index contributed by atoms with van der Waals surface area (Å²) in [4.78, 5) is 31.7. The number of nitrogens with one attached hydrogen (secondary N) is 2. The van der Waals surface area contributed by atoms with E-state index in [1.54, 1.807) is 19.9 Å². The Bertz CT molecular complexity index is 848. The molecule has 0 radical (unpaired) electrons. The molecule has 1 saturated heterocycles. The Labute approximate surface area is 167 Å². The Hall–Kier alpha value is -2.65. The number of amides is 2. The van der Waals surface area contributed by atoms with Crippen molar-refractivity contribution in [2.75, 3.05) is 31.2 Å². The van der Waals surface area contributed by atoms with Gasteiger partial charge < -0.3 is 14.4 Å². The molecule has 1 aromatic carbocycles. The standard InChI is InChI=1S/C19H24N4O4S/c1-12-5-4-6-15(11-12)27-14(3)17(24)21-22-18(25)16-13(2)20-19(28-16)23-7-9-26-10-8-23/h4-6,11,14H,7-10H2,1-3H3,(H,21,24)(H,22,25). The Kier molecular flexibility index (Phi) is 6.48. The van der Waals surface area contributed by atoms with Crippen molar-refractivity contribution in [1.82, 2.24) is 15.8 Å². The molecule has 1 aromatic heterocycles. The summed E-state index contributed by atoms with van der Waals surface area (Å²) < 4.78 is 10.9. The van der Waals surface area contributed by atoms with E-state index in [2.05, 4.69) is 20.7 Å². The van der Waals surface area contributed by atoms with Gasteiger partial charge in [-0.2, -0.15) is 0 Å². The molecule has 150 valence electrons. The number of ether oxygens (including phenoxy) is 2. The van der Waals surface area contributed by atoms with Crippen LogP contribution in [0.2, 0.25) is 0 Å². The van der Waals surface area contributed by atoms with E-state index in [1.807, 2.05) is 25.1 Å². The highest BCUT2D eigenvalue weighted by Gasteiger charge is 2.22. The van der Waals surface area contributed by atoms with Crippen LogP contribution in [0.25, 0.3) is 0 Å². The minimum absolute atomic E-state index is 0.398. The SMILES string of the molecule is Cc1cccc(OC(C)C(=O)NNC(=O)c2sc(N3CCOCC3)nc2C)c1. The average Bonchev–Trinajstić information content (AvgIpc) is 3.08. The van der Waals surface area contributed by atoms with Gasteiger partial charge >= 0.3 is 0 Å². The van der Waals surface area contributed by atoms with Crippen molar-refractivity contribution >= 4 is 28.3 Å².